The normalized spacial score (nSPS) is 21.2. The van der Waals surface area contributed by atoms with Gasteiger partial charge in [0.2, 0.25) is 12.3 Å². The van der Waals surface area contributed by atoms with Crippen LogP contribution in [0.5, 0.6) is 0 Å². The number of rotatable bonds is 6. The van der Waals surface area contributed by atoms with Crippen molar-refractivity contribution >= 4 is 23.6 Å². The number of β-lactam (4-membered cyclic amide) rings is 1. The summed E-state index contributed by atoms with van der Waals surface area (Å²) in [5.74, 6) is -0.0133. The van der Waals surface area contributed by atoms with Crippen LogP contribution in [0.4, 0.5) is 0 Å². The van der Waals surface area contributed by atoms with E-state index in [-0.39, 0.29) is 17.0 Å². The second-order valence-electron chi connectivity index (χ2n) is 6.42. The molecule has 1 aromatic heterocycles. The molecular weight excluding hydrogens is 332 g/mol. The maximum absolute atomic E-state index is 11.7. The summed E-state index contributed by atoms with van der Waals surface area (Å²) in [5.41, 5.74) is 0.794. The van der Waals surface area contributed by atoms with E-state index in [2.05, 4.69) is 10.2 Å². The molecule has 1 atom stereocenters. The lowest BCUT2D eigenvalue weighted by atomic mass is 10.1. The molecule has 1 amide bonds. The molecule has 0 spiro atoms. The first-order valence-corrected chi connectivity index (χ1v) is 8.56. The highest BCUT2D eigenvalue weighted by Crippen LogP contribution is 2.40. The monoisotopic (exact) mass is 351 g/mol. The highest BCUT2D eigenvalue weighted by Gasteiger charge is 2.44. The lowest BCUT2D eigenvalue weighted by Gasteiger charge is -2.43. The van der Waals surface area contributed by atoms with E-state index < -0.39 is 5.97 Å². The SMILES string of the molecule is C[N+](C)(C/C=C/C1=C(C(=O)O)N2C(=O)C[C@@H]2SC1)Cc1nnco1. The standard InChI is InChI=1S/C15H18N4O4S/c1-19(2,7-11-17-16-9-23-11)5-3-4-10-8-24-13-6-12(20)18(13)14(10)15(21)22/h3-4,9,13H,5-8H2,1-2H3/p+1/b4-3+/t13-/m0/s1. The molecule has 0 radical (unpaired) electrons. The highest BCUT2D eigenvalue weighted by atomic mass is 32.2. The van der Waals surface area contributed by atoms with Crippen LogP contribution in [0.2, 0.25) is 0 Å². The van der Waals surface area contributed by atoms with Crippen LogP contribution in [0.25, 0.3) is 0 Å². The van der Waals surface area contributed by atoms with Gasteiger partial charge in [-0.1, -0.05) is 6.08 Å². The van der Waals surface area contributed by atoms with Gasteiger partial charge in [-0.25, -0.2) is 4.79 Å². The molecule has 3 heterocycles. The second kappa shape index (κ2) is 6.40. The number of thioether (sulfide) groups is 1. The van der Waals surface area contributed by atoms with Crippen LogP contribution in [0.1, 0.15) is 12.3 Å². The van der Waals surface area contributed by atoms with Gasteiger partial charge in [-0.15, -0.1) is 22.0 Å². The van der Waals surface area contributed by atoms with Crippen molar-refractivity contribution in [2.24, 2.45) is 0 Å². The van der Waals surface area contributed by atoms with E-state index in [4.69, 9.17) is 4.42 Å². The number of likely N-dealkylation sites (N-methyl/N-ethyl adjacent to an activating group) is 1. The Kier molecular flexibility index (Phi) is 4.46. The van der Waals surface area contributed by atoms with Crippen molar-refractivity contribution in [2.45, 2.75) is 18.3 Å². The van der Waals surface area contributed by atoms with Gasteiger partial charge in [-0.2, -0.15) is 0 Å². The summed E-state index contributed by atoms with van der Waals surface area (Å²) in [6, 6.07) is 0. The van der Waals surface area contributed by atoms with Crippen LogP contribution in [-0.2, 0) is 16.1 Å². The average Bonchev–Trinajstić information content (AvgIpc) is 2.98. The summed E-state index contributed by atoms with van der Waals surface area (Å²) in [4.78, 5) is 24.6. The van der Waals surface area contributed by atoms with Gasteiger partial charge in [0.05, 0.1) is 32.4 Å². The molecule has 0 unspecified atom stereocenters. The number of hydrogen-bond acceptors (Lipinski definition) is 6. The summed E-state index contributed by atoms with van der Waals surface area (Å²) in [7, 11) is 4.04. The van der Waals surface area contributed by atoms with Gasteiger partial charge in [0.1, 0.15) is 5.70 Å². The average molecular weight is 351 g/mol. The van der Waals surface area contributed by atoms with E-state index in [0.29, 0.717) is 41.2 Å². The predicted octanol–water partition coefficient (Wildman–Crippen LogP) is 0.846. The number of amides is 1. The van der Waals surface area contributed by atoms with E-state index in [0.717, 1.165) is 0 Å². The Labute approximate surface area is 143 Å². The number of fused-ring (bicyclic) bond motifs is 1. The number of carboxylic acids is 1. The number of carbonyl (C=O) groups is 2. The van der Waals surface area contributed by atoms with Crippen molar-refractivity contribution in [3.63, 3.8) is 0 Å². The van der Waals surface area contributed by atoms with Crippen molar-refractivity contribution in [1.29, 1.82) is 0 Å². The molecule has 3 rings (SSSR count). The van der Waals surface area contributed by atoms with Crippen LogP contribution in [0.3, 0.4) is 0 Å². The summed E-state index contributed by atoms with van der Waals surface area (Å²) < 4.78 is 5.75. The van der Waals surface area contributed by atoms with Crippen LogP contribution in [-0.4, -0.2) is 68.3 Å². The molecule has 1 aromatic rings. The maximum atomic E-state index is 11.7. The molecule has 0 bridgehead atoms. The largest absolute Gasteiger partial charge is 0.477 e. The molecular formula is C15H19N4O4S+. The second-order valence-corrected chi connectivity index (χ2v) is 7.59. The molecule has 0 saturated carbocycles. The molecule has 2 aliphatic rings. The van der Waals surface area contributed by atoms with Gasteiger partial charge >= 0.3 is 5.97 Å². The highest BCUT2D eigenvalue weighted by molar-refractivity contribution is 8.00. The zero-order valence-corrected chi connectivity index (χ0v) is 14.3. The fourth-order valence-corrected chi connectivity index (χ4v) is 3.98. The molecule has 128 valence electrons. The third-order valence-electron chi connectivity index (χ3n) is 3.97. The van der Waals surface area contributed by atoms with E-state index in [1.807, 2.05) is 26.2 Å². The Bertz CT molecular complexity index is 711. The number of allylic oxidation sites excluding steroid dienone is 1. The first kappa shape index (κ1) is 16.7. The Morgan fingerprint density at radius 1 is 1.58 bits per heavy atom. The van der Waals surface area contributed by atoms with Gasteiger partial charge in [0.15, 0.2) is 6.54 Å². The zero-order chi connectivity index (χ0) is 17.3. The van der Waals surface area contributed by atoms with Crippen molar-refractivity contribution < 1.29 is 23.6 Å². The number of nitrogens with zero attached hydrogens (tertiary/aromatic N) is 4. The Balaban J connectivity index is 1.71. The number of carboxylic acid groups (broad SMARTS) is 1. The van der Waals surface area contributed by atoms with Crippen molar-refractivity contribution in [3.05, 3.63) is 35.7 Å². The minimum absolute atomic E-state index is 0.0227. The Hall–Kier alpha value is -2.13. The first-order valence-electron chi connectivity index (χ1n) is 7.51. The minimum Gasteiger partial charge on any atom is -0.477 e. The summed E-state index contributed by atoms with van der Waals surface area (Å²) in [6.07, 6.45) is 5.47. The van der Waals surface area contributed by atoms with Crippen LogP contribution in [0, 0.1) is 0 Å². The smallest absolute Gasteiger partial charge is 0.352 e. The molecule has 0 aliphatic carbocycles. The molecule has 0 aromatic carbocycles. The quantitative estimate of drug-likeness (QED) is 0.599. The molecule has 1 N–H and O–H groups in total. The minimum atomic E-state index is -1.05. The topological polar surface area (TPSA) is 96.5 Å². The van der Waals surface area contributed by atoms with Crippen LogP contribution >= 0.6 is 11.8 Å². The lowest BCUT2D eigenvalue weighted by molar-refractivity contribution is -0.899. The number of quaternary nitrogens is 1. The van der Waals surface area contributed by atoms with Gasteiger partial charge in [0, 0.05) is 5.75 Å². The van der Waals surface area contributed by atoms with Crippen molar-refractivity contribution in [3.8, 4) is 0 Å². The van der Waals surface area contributed by atoms with Crippen LogP contribution in [0.15, 0.2) is 34.2 Å². The number of aromatic nitrogens is 2. The van der Waals surface area contributed by atoms with Gasteiger partial charge in [0.25, 0.3) is 5.89 Å². The predicted molar refractivity (Wildman–Crippen MR) is 86.5 cm³/mol. The van der Waals surface area contributed by atoms with Crippen molar-refractivity contribution in [2.75, 3.05) is 26.4 Å². The summed E-state index contributed by atoms with van der Waals surface area (Å²) in [6.45, 7) is 1.25. The first-order chi connectivity index (χ1) is 11.4. The van der Waals surface area contributed by atoms with Crippen molar-refractivity contribution in [1.82, 2.24) is 15.1 Å². The molecule has 8 nitrogen and oxygen atoms in total. The molecule has 2 aliphatic heterocycles. The van der Waals surface area contributed by atoms with E-state index >= 15 is 0 Å². The molecule has 9 heteroatoms. The number of hydrogen-bond donors (Lipinski definition) is 1. The molecule has 1 fully saturated rings. The number of aliphatic carboxylic acids is 1. The van der Waals surface area contributed by atoms with Gasteiger partial charge < -0.3 is 14.0 Å². The van der Waals surface area contributed by atoms with Gasteiger partial charge in [-0.05, 0) is 11.6 Å². The summed E-state index contributed by atoms with van der Waals surface area (Å²) >= 11 is 1.60. The fourth-order valence-electron chi connectivity index (χ4n) is 2.74. The summed E-state index contributed by atoms with van der Waals surface area (Å²) in [5, 5.41) is 17.0. The third-order valence-corrected chi connectivity index (χ3v) is 5.21. The van der Waals surface area contributed by atoms with E-state index in [1.165, 1.54) is 11.3 Å². The third kappa shape index (κ3) is 3.36. The lowest BCUT2D eigenvalue weighted by Crippen LogP contribution is -2.53. The fraction of sp³-hybridized carbons (Fsp3) is 0.467. The van der Waals surface area contributed by atoms with Crippen LogP contribution < -0.4 is 0 Å². The zero-order valence-electron chi connectivity index (χ0n) is 13.5. The van der Waals surface area contributed by atoms with E-state index in [9.17, 15) is 14.7 Å². The number of carbonyl (C=O) groups excluding carboxylic acids is 1. The Morgan fingerprint density at radius 3 is 3.00 bits per heavy atom. The molecule has 1 saturated heterocycles. The van der Waals surface area contributed by atoms with E-state index in [1.54, 1.807) is 11.8 Å². The molecule has 24 heavy (non-hydrogen) atoms. The maximum Gasteiger partial charge on any atom is 0.352 e. The Morgan fingerprint density at radius 2 is 2.38 bits per heavy atom. The van der Waals surface area contributed by atoms with Gasteiger partial charge in [-0.3, -0.25) is 9.69 Å².